The molecule has 1 fully saturated rings. The van der Waals surface area contributed by atoms with Crippen LogP contribution in [0.5, 0.6) is 0 Å². The molecule has 11 nitrogen and oxygen atoms in total. The van der Waals surface area contributed by atoms with Gasteiger partial charge in [0.1, 0.15) is 22.4 Å². The SMILES string of the molecule is Cc1nc(NCCSC(C)(C)C)nc(N[C@@H]2C[C@H](C(C)(C)NS(C)(=O)=O)[C@@H](O)[C@H]2O)c1-c1nc2c(C)nccc2s1. The number of hydrogen-bond donors (Lipinski definition) is 5. The van der Waals surface area contributed by atoms with E-state index in [4.69, 9.17) is 15.0 Å². The van der Waals surface area contributed by atoms with Crippen LogP contribution in [0.4, 0.5) is 11.8 Å². The van der Waals surface area contributed by atoms with Crippen LogP contribution in [0.15, 0.2) is 12.3 Å². The van der Waals surface area contributed by atoms with Crippen molar-refractivity contribution in [3.05, 3.63) is 23.7 Å². The summed E-state index contributed by atoms with van der Waals surface area (Å²) in [5, 5.41) is 29.5. The molecule has 0 radical (unpaired) electrons. The molecular formula is C27H41N7O4S3. The van der Waals surface area contributed by atoms with Crippen LogP contribution in [0, 0.1) is 19.8 Å². The number of rotatable bonds is 10. The van der Waals surface area contributed by atoms with Crippen molar-refractivity contribution in [2.24, 2.45) is 5.92 Å². The molecule has 3 aromatic rings. The number of aryl methyl sites for hydroxylation is 2. The maximum atomic E-state index is 12.0. The van der Waals surface area contributed by atoms with Gasteiger partial charge in [-0.3, -0.25) is 4.98 Å². The monoisotopic (exact) mass is 623 g/mol. The molecule has 0 aliphatic heterocycles. The largest absolute Gasteiger partial charge is 0.390 e. The Hall–Kier alpha value is -2.10. The molecule has 3 aromatic heterocycles. The minimum Gasteiger partial charge on any atom is -0.390 e. The van der Waals surface area contributed by atoms with E-state index in [-0.39, 0.29) is 4.75 Å². The van der Waals surface area contributed by atoms with Gasteiger partial charge in [0, 0.05) is 34.7 Å². The number of hydrogen-bond acceptors (Lipinski definition) is 12. The topological polar surface area (TPSA) is 162 Å². The van der Waals surface area contributed by atoms with Crippen LogP contribution in [0.25, 0.3) is 20.8 Å². The Balaban J connectivity index is 1.68. The highest BCUT2D eigenvalue weighted by molar-refractivity contribution is 8.00. The maximum Gasteiger partial charge on any atom is 0.224 e. The average Bonchev–Trinajstić information content (AvgIpc) is 3.37. The zero-order valence-electron chi connectivity index (χ0n) is 24.8. The van der Waals surface area contributed by atoms with Gasteiger partial charge < -0.3 is 20.8 Å². The minimum atomic E-state index is -3.53. The lowest BCUT2D eigenvalue weighted by molar-refractivity contribution is 0.000720. The zero-order valence-corrected chi connectivity index (χ0v) is 27.3. The molecule has 0 aromatic carbocycles. The molecule has 226 valence electrons. The standard InChI is InChI=1S/C27H41N7O4S3/c1-14-19(24-32-20-15(2)28-10-9-18(20)40-24)23(33-25(30-14)29-11-12-39-26(3,4)5)31-17-13-16(21(35)22(17)36)27(6,7)34-41(8,37)38/h9-10,16-17,21-22,34-36H,11-13H2,1-8H3,(H2,29,30,31,33)/t16-,17+,21+,22-/m0/s1. The Morgan fingerprint density at radius 2 is 1.78 bits per heavy atom. The molecule has 5 N–H and O–H groups in total. The first-order chi connectivity index (χ1) is 18.9. The number of pyridine rings is 1. The number of aliphatic hydroxyl groups excluding tert-OH is 2. The summed E-state index contributed by atoms with van der Waals surface area (Å²) >= 11 is 3.35. The smallest absolute Gasteiger partial charge is 0.224 e. The van der Waals surface area contributed by atoms with Gasteiger partial charge in [0.05, 0.1) is 40.1 Å². The zero-order chi connectivity index (χ0) is 30.3. The normalized spacial score (nSPS) is 21.9. The van der Waals surface area contributed by atoms with Crippen molar-refractivity contribution in [3.63, 3.8) is 0 Å². The molecule has 41 heavy (non-hydrogen) atoms. The van der Waals surface area contributed by atoms with Crippen LogP contribution in [-0.4, -0.2) is 85.7 Å². The molecule has 3 heterocycles. The Labute approximate surface area is 250 Å². The molecule has 4 atom stereocenters. The summed E-state index contributed by atoms with van der Waals surface area (Å²) < 4.78 is 27.7. The summed E-state index contributed by atoms with van der Waals surface area (Å²) in [7, 11) is -3.53. The number of thiazole rings is 1. The molecule has 1 saturated carbocycles. The van der Waals surface area contributed by atoms with Crippen molar-refractivity contribution in [3.8, 4) is 10.6 Å². The van der Waals surface area contributed by atoms with E-state index >= 15 is 0 Å². The third-order valence-corrected chi connectivity index (χ3v) is 10.3. The number of sulfonamides is 1. The fraction of sp³-hybridized carbons (Fsp3) is 0.630. The van der Waals surface area contributed by atoms with Crippen molar-refractivity contribution in [2.45, 2.75) is 83.4 Å². The van der Waals surface area contributed by atoms with E-state index in [1.165, 1.54) is 11.3 Å². The van der Waals surface area contributed by atoms with Gasteiger partial charge in [0.15, 0.2) is 0 Å². The van der Waals surface area contributed by atoms with Gasteiger partial charge in [-0.2, -0.15) is 16.7 Å². The van der Waals surface area contributed by atoms with Gasteiger partial charge in [-0.25, -0.2) is 23.1 Å². The highest BCUT2D eigenvalue weighted by atomic mass is 32.2. The second-order valence-electron chi connectivity index (χ2n) is 12.2. The predicted molar refractivity (Wildman–Crippen MR) is 168 cm³/mol. The summed E-state index contributed by atoms with van der Waals surface area (Å²) in [5.41, 5.74) is 2.07. The first kappa shape index (κ1) is 31.8. The molecule has 14 heteroatoms. The van der Waals surface area contributed by atoms with Gasteiger partial charge in [0.2, 0.25) is 16.0 Å². The van der Waals surface area contributed by atoms with Crippen molar-refractivity contribution in [1.29, 1.82) is 0 Å². The van der Waals surface area contributed by atoms with Gasteiger partial charge in [-0.1, -0.05) is 20.8 Å². The van der Waals surface area contributed by atoms with Crippen LogP contribution in [0.2, 0.25) is 0 Å². The number of thioether (sulfide) groups is 1. The van der Waals surface area contributed by atoms with Gasteiger partial charge >= 0.3 is 0 Å². The minimum absolute atomic E-state index is 0.143. The second-order valence-corrected chi connectivity index (χ2v) is 16.9. The van der Waals surface area contributed by atoms with E-state index in [0.29, 0.717) is 36.0 Å². The summed E-state index contributed by atoms with van der Waals surface area (Å²) in [6, 6.07) is 1.33. The van der Waals surface area contributed by atoms with Crippen molar-refractivity contribution < 1.29 is 18.6 Å². The molecule has 4 rings (SSSR count). The number of nitrogens with one attached hydrogen (secondary N) is 3. The lowest BCUT2D eigenvalue weighted by Crippen LogP contribution is -2.52. The summed E-state index contributed by atoms with van der Waals surface area (Å²) in [6.45, 7) is 14.4. The molecule has 0 saturated heterocycles. The van der Waals surface area contributed by atoms with Gasteiger partial charge in [-0.05, 0) is 40.2 Å². The molecule has 0 amide bonds. The maximum absolute atomic E-state index is 12.0. The van der Waals surface area contributed by atoms with E-state index in [9.17, 15) is 18.6 Å². The first-order valence-corrected chi connectivity index (χ1v) is 17.2. The summed E-state index contributed by atoms with van der Waals surface area (Å²) in [5.74, 6) is 1.27. The van der Waals surface area contributed by atoms with Crippen LogP contribution in [0.3, 0.4) is 0 Å². The van der Waals surface area contributed by atoms with Crippen LogP contribution in [0.1, 0.15) is 52.4 Å². The third kappa shape index (κ3) is 7.65. The molecule has 0 spiro atoms. The summed E-state index contributed by atoms with van der Waals surface area (Å²) in [4.78, 5) is 18.8. The van der Waals surface area contributed by atoms with E-state index in [0.717, 1.165) is 32.9 Å². The Kier molecular flexibility index (Phi) is 9.22. The molecule has 0 unspecified atom stereocenters. The quantitative estimate of drug-likeness (QED) is 0.210. The second kappa shape index (κ2) is 11.9. The Morgan fingerprint density at radius 3 is 2.41 bits per heavy atom. The number of anilines is 2. The third-order valence-electron chi connectivity index (χ3n) is 7.09. The van der Waals surface area contributed by atoms with E-state index in [1.54, 1.807) is 20.0 Å². The lowest BCUT2D eigenvalue weighted by atomic mass is 9.85. The number of nitrogens with zero attached hydrogens (tertiary/aromatic N) is 4. The van der Waals surface area contributed by atoms with Crippen LogP contribution < -0.4 is 15.4 Å². The summed E-state index contributed by atoms with van der Waals surface area (Å²) in [6.07, 6.45) is 0.861. The first-order valence-electron chi connectivity index (χ1n) is 13.6. The molecule has 1 aliphatic carbocycles. The Morgan fingerprint density at radius 1 is 1.07 bits per heavy atom. The molecule has 1 aliphatic rings. The Bertz CT molecular complexity index is 1500. The number of fused-ring (bicyclic) bond motifs is 1. The van der Waals surface area contributed by atoms with Crippen molar-refractivity contribution in [1.82, 2.24) is 24.7 Å². The lowest BCUT2D eigenvalue weighted by Gasteiger charge is -2.34. The van der Waals surface area contributed by atoms with Crippen molar-refractivity contribution in [2.75, 3.05) is 29.2 Å². The van der Waals surface area contributed by atoms with Gasteiger partial charge in [-0.15, -0.1) is 11.3 Å². The number of aromatic nitrogens is 4. The fourth-order valence-corrected chi connectivity index (χ4v) is 8.28. The van der Waals surface area contributed by atoms with E-state index < -0.39 is 39.7 Å². The van der Waals surface area contributed by atoms with Crippen LogP contribution >= 0.6 is 23.1 Å². The van der Waals surface area contributed by atoms with E-state index in [1.807, 2.05) is 31.7 Å². The predicted octanol–water partition coefficient (Wildman–Crippen LogP) is 3.56. The van der Waals surface area contributed by atoms with Gasteiger partial charge in [0.25, 0.3) is 0 Å². The molecule has 0 bridgehead atoms. The number of aliphatic hydroxyl groups is 2. The molecular weight excluding hydrogens is 583 g/mol. The van der Waals surface area contributed by atoms with Crippen molar-refractivity contribution >= 4 is 55.1 Å². The highest BCUT2D eigenvalue weighted by Gasteiger charge is 2.49. The fourth-order valence-electron chi connectivity index (χ4n) is 5.24. The average molecular weight is 624 g/mol. The van der Waals surface area contributed by atoms with Crippen LogP contribution in [-0.2, 0) is 10.0 Å². The van der Waals surface area contributed by atoms with E-state index in [2.05, 4.69) is 41.1 Å². The highest BCUT2D eigenvalue weighted by Crippen LogP contribution is 2.40.